The minimum Gasteiger partial charge on any atom is -0.399 e. The van der Waals surface area contributed by atoms with E-state index in [2.05, 4.69) is 6.07 Å². The van der Waals surface area contributed by atoms with Crippen LogP contribution in [0.25, 0.3) is 0 Å². The van der Waals surface area contributed by atoms with Gasteiger partial charge in [-0.15, -0.1) is 0 Å². The Labute approximate surface area is 128 Å². The van der Waals surface area contributed by atoms with Crippen LogP contribution in [0.5, 0.6) is 0 Å². The molecule has 4 nitrogen and oxygen atoms in total. The fraction of sp³-hybridized carbons (Fsp3) is 0.125. The number of benzene rings is 2. The van der Waals surface area contributed by atoms with Gasteiger partial charge in [-0.05, 0) is 35.9 Å². The van der Waals surface area contributed by atoms with Crippen LogP contribution in [0.1, 0.15) is 21.5 Å². The summed E-state index contributed by atoms with van der Waals surface area (Å²) in [6.45, 7) is 0.436. The second-order valence-corrected chi connectivity index (χ2v) is 5.12. The third-order valence-corrected chi connectivity index (χ3v) is 3.39. The van der Waals surface area contributed by atoms with Crippen LogP contribution in [0.15, 0.2) is 42.5 Å². The average molecular weight is 300 g/mol. The van der Waals surface area contributed by atoms with E-state index >= 15 is 0 Å². The lowest BCUT2D eigenvalue weighted by Gasteiger charge is -2.18. The van der Waals surface area contributed by atoms with Gasteiger partial charge in [0.25, 0.3) is 5.91 Å². The van der Waals surface area contributed by atoms with Gasteiger partial charge in [-0.1, -0.05) is 23.7 Å². The summed E-state index contributed by atoms with van der Waals surface area (Å²) in [6.07, 6.45) is 0. The van der Waals surface area contributed by atoms with E-state index in [4.69, 9.17) is 22.6 Å². The average Bonchev–Trinajstić information content (AvgIpc) is 2.47. The maximum absolute atomic E-state index is 12.4. The Morgan fingerprint density at radius 2 is 1.95 bits per heavy atom. The van der Waals surface area contributed by atoms with Gasteiger partial charge in [-0.2, -0.15) is 5.26 Å². The minimum atomic E-state index is -0.177. The zero-order chi connectivity index (χ0) is 15.4. The highest BCUT2D eigenvalue weighted by Crippen LogP contribution is 2.21. The summed E-state index contributed by atoms with van der Waals surface area (Å²) < 4.78 is 0. The molecule has 5 heteroatoms. The third kappa shape index (κ3) is 3.53. The Bertz CT molecular complexity index is 704. The van der Waals surface area contributed by atoms with Crippen molar-refractivity contribution >= 4 is 23.2 Å². The fourth-order valence-electron chi connectivity index (χ4n) is 1.94. The van der Waals surface area contributed by atoms with E-state index in [9.17, 15) is 4.79 Å². The molecule has 0 atom stereocenters. The molecule has 0 aliphatic rings. The quantitative estimate of drug-likeness (QED) is 0.885. The number of rotatable bonds is 3. The molecule has 2 aromatic carbocycles. The van der Waals surface area contributed by atoms with Crippen molar-refractivity contribution in [2.45, 2.75) is 6.54 Å². The lowest BCUT2D eigenvalue weighted by Crippen LogP contribution is -2.26. The Balaban J connectivity index is 2.13. The number of nitrogens with zero attached hydrogens (tertiary/aromatic N) is 2. The van der Waals surface area contributed by atoms with Crippen LogP contribution < -0.4 is 5.73 Å². The van der Waals surface area contributed by atoms with E-state index in [1.807, 2.05) is 12.1 Å². The lowest BCUT2D eigenvalue weighted by molar-refractivity contribution is 0.0785. The highest BCUT2D eigenvalue weighted by molar-refractivity contribution is 6.34. The topological polar surface area (TPSA) is 70.1 Å². The first-order valence-corrected chi connectivity index (χ1v) is 6.68. The summed E-state index contributed by atoms with van der Waals surface area (Å²) in [5.41, 5.74) is 8.09. The van der Waals surface area contributed by atoms with Gasteiger partial charge in [-0.3, -0.25) is 4.79 Å². The summed E-state index contributed by atoms with van der Waals surface area (Å²) in [5.74, 6) is -0.177. The number of nitrogens with two attached hydrogens (primary N) is 1. The predicted octanol–water partition coefficient (Wildman–Crippen LogP) is 3.07. The molecule has 0 heterocycles. The normalized spacial score (nSPS) is 9.95. The fourth-order valence-corrected chi connectivity index (χ4v) is 2.21. The van der Waals surface area contributed by atoms with Crippen molar-refractivity contribution in [2.75, 3.05) is 12.8 Å². The molecule has 0 radical (unpaired) electrons. The highest BCUT2D eigenvalue weighted by Gasteiger charge is 2.15. The van der Waals surface area contributed by atoms with Crippen LogP contribution in [0.2, 0.25) is 5.02 Å². The van der Waals surface area contributed by atoms with E-state index in [-0.39, 0.29) is 5.91 Å². The summed E-state index contributed by atoms with van der Waals surface area (Å²) in [5, 5.41) is 9.10. The number of amides is 1. The van der Waals surface area contributed by atoms with Gasteiger partial charge in [0.15, 0.2) is 0 Å². The molecule has 0 saturated heterocycles. The van der Waals surface area contributed by atoms with Gasteiger partial charge in [0.1, 0.15) is 0 Å². The number of anilines is 1. The number of hydrogen-bond acceptors (Lipinski definition) is 3. The standard InChI is InChI=1S/C16H14ClN3O/c1-20(10-12-4-2-11(9-18)3-5-12)16(21)14-7-6-13(19)8-15(14)17/h2-8H,10,19H2,1H3. The maximum atomic E-state index is 12.4. The van der Waals surface area contributed by atoms with Gasteiger partial charge in [0, 0.05) is 19.3 Å². The Hall–Kier alpha value is -2.51. The van der Waals surface area contributed by atoms with Crippen molar-refractivity contribution in [2.24, 2.45) is 0 Å². The summed E-state index contributed by atoms with van der Waals surface area (Å²) in [4.78, 5) is 13.9. The Kier molecular flexibility index (Phi) is 4.46. The molecule has 0 fully saturated rings. The van der Waals surface area contributed by atoms with Crippen LogP contribution in [-0.2, 0) is 6.54 Å². The second-order valence-electron chi connectivity index (χ2n) is 4.71. The summed E-state index contributed by atoms with van der Waals surface area (Å²) in [7, 11) is 1.70. The number of halogens is 1. The van der Waals surface area contributed by atoms with E-state index in [0.717, 1.165) is 5.56 Å². The summed E-state index contributed by atoms with van der Waals surface area (Å²) in [6, 6.07) is 14.0. The van der Waals surface area contributed by atoms with Crippen LogP contribution >= 0.6 is 11.6 Å². The lowest BCUT2D eigenvalue weighted by atomic mass is 10.1. The van der Waals surface area contributed by atoms with Crippen LogP contribution in [0.4, 0.5) is 5.69 Å². The number of nitriles is 1. The molecular formula is C16H14ClN3O. The third-order valence-electron chi connectivity index (χ3n) is 3.07. The largest absolute Gasteiger partial charge is 0.399 e. The van der Waals surface area contributed by atoms with Gasteiger partial charge in [0.2, 0.25) is 0 Å². The first-order valence-electron chi connectivity index (χ1n) is 6.31. The molecular weight excluding hydrogens is 286 g/mol. The Morgan fingerprint density at radius 3 is 2.52 bits per heavy atom. The maximum Gasteiger partial charge on any atom is 0.255 e. The number of carbonyl (C=O) groups excluding carboxylic acids is 1. The molecule has 0 aliphatic carbocycles. The first kappa shape index (κ1) is 14.9. The SMILES string of the molecule is CN(Cc1ccc(C#N)cc1)C(=O)c1ccc(N)cc1Cl. The van der Waals surface area contributed by atoms with Gasteiger partial charge in [0.05, 0.1) is 22.2 Å². The predicted molar refractivity (Wildman–Crippen MR) is 82.8 cm³/mol. The van der Waals surface area contributed by atoms with Crippen LogP contribution in [-0.4, -0.2) is 17.9 Å². The van der Waals surface area contributed by atoms with Crippen molar-refractivity contribution in [3.05, 3.63) is 64.2 Å². The van der Waals surface area contributed by atoms with Crippen LogP contribution in [0, 0.1) is 11.3 Å². The van der Waals surface area contributed by atoms with Crippen molar-refractivity contribution in [3.63, 3.8) is 0 Å². The van der Waals surface area contributed by atoms with Gasteiger partial charge < -0.3 is 10.6 Å². The molecule has 0 bridgehead atoms. The second kappa shape index (κ2) is 6.29. The summed E-state index contributed by atoms with van der Waals surface area (Å²) >= 11 is 6.05. The molecule has 2 N–H and O–H groups in total. The molecule has 106 valence electrons. The smallest absolute Gasteiger partial charge is 0.255 e. The van der Waals surface area contributed by atoms with E-state index in [0.29, 0.717) is 28.4 Å². The van der Waals surface area contributed by atoms with Crippen molar-refractivity contribution in [1.29, 1.82) is 5.26 Å². The molecule has 0 saturated carbocycles. The van der Waals surface area contributed by atoms with Crippen molar-refractivity contribution < 1.29 is 4.79 Å². The van der Waals surface area contributed by atoms with E-state index < -0.39 is 0 Å². The number of hydrogen-bond donors (Lipinski definition) is 1. The molecule has 2 rings (SSSR count). The van der Waals surface area contributed by atoms with Gasteiger partial charge in [-0.25, -0.2) is 0 Å². The molecule has 2 aromatic rings. The zero-order valence-electron chi connectivity index (χ0n) is 11.5. The molecule has 1 amide bonds. The van der Waals surface area contributed by atoms with Crippen molar-refractivity contribution in [1.82, 2.24) is 4.90 Å². The van der Waals surface area contributed by atoms with Crippen molar-refractivity contribution in [3.8, 4) is 6.07 Å². The Morgan fingerprint density at radius 1 is 1.29 bits per heavy atom. The van der Waals surface area contributed by atoms with Gasteiger partial charge >= 0.3 is 0 Å². The molecule has 0 aliphatic heterocycles. The molecule has 21 heavy (non-hydrogen) atoms. The zero-order valence-corrected chi connectivity index (χ0v) is 12.3. The van der Waals surface area contributed by atoms with E-state index in [1.165, 1.54) is 0 Å². The van der Waals surface area contributed by atoms with Crippen LogP contribution in [0.3, 0.4) is 0 Å². The first-order chi connectivity index (χ1) is 10.0. The van der Waals surface area contributed by atoms with E-state index in [1.54, 1.807) is 42.3 Å². The monoisotopic (exact) mass is 299 g/mol. The number of nitrogen functional groups attached to an aromatic ring is 1. The molecule has 0 aromatic heterocycles. The highest BCUT2D eigenvalue weighted by atomic mass is 35.5. The number of carbonyl (C=O) groups is 1. The minimum absolute atomic E-state index is 0.177. The molecule has 0 unspecified atom stereocenters. The molecule has 0 spiro atoms.